The lowest BCUT2D eigenvalue weighted by atomic mass is 9.82. The first-order chi connectivity index (χ1) is 9.06. The Bertz CT molecular complexity index is 456. The number of aryl methyl sites for hydroxylation is 1. The van der Waals surface area contributed by atoms with E-state index >= 15 is 0 Å². The van der Waals surface area contributed by atoms with Crippen LogP contribution in [0, 0.1) is 19.8 Å². The first kappa shape index (κ1) is 14.2. The number of rotatable bonds is 4. The van der Waals surface area contributed by atoms with Gasteiger partial charge in [-0.15, -0.1) is 0 Å². The molecule has 1 N–H and O–H groups in total. The van der Waals surface area contributed by atoms with Gasteiger partial charge in [0.05, 0.1) is 5.56 Å². The predicted molar refractivity (Wildman–Crippen MR) is 76.8 cm³/mol. The van der Waals surface area contributed by atoms with Gasteiger partial charge >= 0.3 is 5.97 Å². The summed E-state index contributed by atoms with van der Waals surface area (Å²) in [6.45, 7) is 6.20. The molecule has 1 atom stereocenters. The van der Waals surface area contributed by atoms with Crippen LogP contribution >= 0.6 is 0 Å². The number of hydrogen-bond acceptors (Lipinski definition) is 1. The third-order valence-electron chi connectivity index (χ3n) is 4.66. The van der Waals surface area contributed by atoms with Gasteiger partial charge in [0.25, 0.3) is 0 Å². The van der Waals surface area contributed by atoms with Crippen LogP contribution < -0.4 is 0 Å². The maximum Gasteiger partial charge on any atom is 0.337 e. The highest BCUT2D eigenvalue weighted by atomic mass is 16.4. The van der Waals surface area contributed by atoms with E-state index in [9.17, 15) is 9.90 Å². The molecule has 2 rings (SSSR count). The molecular weight excluding hydrogens is 238 g/mol. The van der Waals surface area contributed by atoms with Gasteiger partial charge in [-0.1, -0.05) is 26.2 Å². The number of carboxylic acids is 1. The van der Waals surface area contributed by atoms with Crippen LogP contribution in [0.15, 0.2) is 6.07 Å². The van der Waals surface area contributed by atoms with Crippen molar-refractivity contribution in [2.24, 2.45) is 5.92 Å². The van der Waals surface area contributed by atoms with Gasteiger partial charge in [-0.3, -0.25) is 0 Å². The van der Waals surface area contributed by atoms with E-state index in [-0.39, 0.29) is 0 Å². The van der Waals surface area contributed by atoms with Crippen molar-refractivity contribution in [3.63, 3.8) is 0 Å². The molecule has 0 aliphatic heterocycles. The van der Waals surface area contributed by atoms with E-state index < -0.39 is 5.97 Å². The fraction of sp³-hybridized carbons (Fsp3) is 0.688. The van der Waals surface area contributed by atoms with Gasteiger partial charge in [0.15, 0.2) is 0 Å². The predicted octanol–water partition coefficient (Wildman–Crippen LogP) is 4.33. The molecule has 1 aliphatic carbocycles. The molecule has 1 heterocycles. The second-order valence-electron chi connectivity index (χ2n) is 5.83. The number of carbonyl (C=O) groups is 1. The summed E-state index contributed by atoms with van der Waals surface area (Å²) in [6.07, 6.45) is 7.67. The zero-order valence-corrected chi connectivity index (χ0v) is 12.3. The SMILES string of the molecule is CCC(C1CCCCC1)n1c(C)cc(C(=O)O)c1C. The molecule has 1 aromatic rings. The van der Waals surface area contributed by atoms with Crippen LogP contribution in [-0.2, 0) is 0 Å². The van der Waals surface area contributed by atoms with Crippen LogP contribution in [0.4, 0.5) is 0 Å². The van der Waals surface area contributed by atoms with Crippen LogP contribution in [0.2, 0.25) is 0 Å². The number of nitrogens with zero attached hydrogens (tertiary/aromatic N) is 1. The molecule has 1 unspecified atom stereocenters. The lowest BCUT2D eigenvalue weighted by Gasteiger charge is -2.32. The third kappa shape index (κ3) is 2.70. The van der Waals surface area contributed by atoms with Crippen molar-refractivity contribution in [2.45, 2.75) is 65.3 Å². The third-order valence-corrected chi connectivity index (χ3v) is 4.66. The molecule has 1 fully saturated rings. The Labute approximate surface area is 115 Å². The standard InChI is InChI=1S/C16H25NO2/c1-4-15(13-8-6-5-7-9-13)17-11(2)10-14(12(17)3)16(18)19/h10,13,15H,4-9H2,1-3H3,(H,18,19). The molecule has 0 saturated heterocycles. The largest absolute Gasteiger partial charge is 0.478 e. The number of carboxylic acid groups (broad SMARTS) is 1. The van der Waals surface area contributed by atoms with Gasteiger partial charge in [-0.2, -0.15) is 0 Å². The van der Waals surface area contributed by atoms with E-state index in [1.165, 1.54) is 32.1 Å². The highest BCUT2D eigenvalue weighted by Crippen LogP contribution is 2.37. The molecular formula is C16H25NO2. The molecule has 1 aliphatic rings. The summed E-state index contributed by atoms with van der Waals surface area (Å²) in [5, 5.41) is 9.25. The van der Waals surface area contributed by atoms with Crippen molar-refractivity contribution < 1.29 is 9.90 Å². The highest BCUT2D eigenvalue weighted by molar-refractivity contribution is 5.89. The second-order valence-corrected chi connectivity index (χ2v) is 5.83. The molecule has 0 aromatic carbocycles. The maximum absolute atomic E-state index is 11.3. The quantitative estimate of drug-likeness (QED) is 0.878. The average Bonchev–Trinajstić information content (AvgIpc) is 2.69. The normalized spacial score (nSPS) is 18.5. The smallest absolute Gasteiger partial charge is 0.337 e. The fourth-order valence-electron chi connectivity index (χ4n) is 3.75. The topological polar surface area (TPSA) is 42.2 Å². The Hall–Kier alpha value is -1.25. The zero-order chi connectivity index (χ0) is 14.0. The van der Waals surface area contributed by atoms with E-state index in [0.29, 0.717) is 17.5 Å². The molecule has 106 valence electrons. The number of hydrogen-bond donors (Lipinski definition) is 1. The first-order valence-electron chi connectivity index (χ1n) is 7.48. The Morgan fingerprint density at radius 1 is 1.37 bits per heavy atom. The van der Waals surface area contributed by atoms with E-state index in [1.807, 2.05) is 19.9 Å². The molecule has 3 heteroatoms. The first-order valence-corrected chi connectivity index (χ1v) is 7.48. The lowest BCUT2D eigenvalue weighted by molar-refractivity contribution is 0.0695. The Kier molecular flexibility index (Phi) is 4.33. The van der Waals surface area contributed by atoms with Gasteiger partial charge in [0.1, 0.15) is 0 Å². The average molecular weight is 263 g/mol. The highest BCUT2D eigenvalue weighted by Gasteiger charge is 2.27. The molecule has 0 spiro atoms. The summed E-state index contributed by atoms with van der Waals surface area (Å²) in [6, 6.07) is 2.29. The Morgan fingerprint density at radius 2 is 2.00 bits per heavy atom. The van der Waals surface area contributed by atoms with Crippen LogP contribution in [0.3, 0.4) is 0 Å². The van der Waals surface area contributed by atoms with Crippen LogP contribution in [-0.4, -0.2) is 15.6 Å². The minimum absolute atomic E-state index is 0.465. The molecule has 3 nitrogen and oxygen atoms in total. The van der Waals surface area contributed by atoms with Gasteiger partial charge in [0.2, 0.25) is 0 Å². The zero-order valence-electron chi connectivity index (χ0n) is 12.3. The van der Waals surface area contributed by atoms with Crippen molar-refractivity contribution >= 4 is 5.97 Å². The lowest BCUT2D eigenvalue weighted by Crippen LogP contribution is -2.23. The monoisotopic (exact) mass is 263 g/mol. The number of aromatic nitrogens is 1. The summed E-state index contributed by atoms with van der Waals surface area (Å²) in [5.41, 5.74) is 2.47. The van der Waals surface area contributed by atoms with E-state index in [1.54, 1.807) is 0 Å². The fourth-order valence-corrected chi connectivity index (χ4v) is 3.75. The summed E-state index contributed by atoms with van der Waals surface area (Å²) < 4.78 is 2.28. The molecule has 1 saturated carbocycles. The Balaban J connectivity index is 2.34. The van der Waals surface area contributed by atoms with Crippen molar-refractivity contribution in [3.05, 3.63) is 23.0 Å². The van der Waals surface area contributed by atoms with Crippen molar-refractivity contribution in [1.82, 2.24) is 4.57 Å². The Morgan fingerprint density at radius 3 is 2.47 bits per heavy atom. The van der Waals surface area contributed by atoms with Gasteiger partial charge in [-0.05, 0) is 45.1 Å². The maximum atomic E-state index is 11.3. The van der Waals surface area contributed by atoms with Crippen molar-refractivity contribution in [3.8, 4) is 0 Å². The van der Waals surface area contributed by atoms with Crippen LogP contribution in [0.25, 0.3) is 0 Å². The summed E-state index contributed by atoms with van der Waals surface area (Å²) in [7, 11) is 0. The van der Waals surface area contributed by atoms with Crippen LogP contribution in [0.1, 0.15) is 73.2 Å². The molecule has 0 bridgehead atoms. The minimum atomic E-state index is -0.808. The molecule has 0 amide bonds. The van der Waals surface area contributed by atoms with Crippen molar-refractivity contribution in [2.75, 3.05) is 0 Å². The molecule has 19 heavy (non-hydrogen) atoms. The van der Waals surface area contributed by atoms with Crippen LogP contribution in [0.5, 0.6) is 0 Å². The van der Waals surface area contributed by atoms with Crippen molar-refractivity contribution in [1.29, 1.82) is 0 Å². The van der Waals surface area contributed by atoms with E-state index in [0.717, 1.165) is 17.8 Å². The number of aromatic carboxylic acids is 1. The van der Waals surface area contributed by atoms with E-state index in [4.69, 9.17) is 0 Å². The molecule has 0 radical (unpaired) electrons. The second kappa shape index (κ2) is 5.81. The summed E-state index contributed by atoms with van der Waals surface area (Å²) in [4.78, 5) is 11.3. The summed E-state index contributed by atoms with van der Waals surface area (Å²) >= 11 is 0. The van der Waals surface area contributed by atoms with Gasteiger partial charge < -0.3 is 9.67 Å². The van der Waals surface area contributed by atoms with E-state index in [2.05, 4.69) is 11.5 Å². The summed E-state index contributed by atoms with van der Waals surface area (Å²) in [5.74, 6) is -0.0944. The molecule has 1 aromatic heterocycles. The van der Waals surface area contributed by atoms with Gasteiger partial charge in [-0.25, -0.2) is 4.79 Å². The minimum Gasteiger partial charge on any atom is -0.478 e. The van der Waals surface area contributed by atoms with Gasteiger partial charge in [0, 0.05) is 17.4 Å².